The lowest BCUT2D eigenvalue weighted by molar-refractivity contribution is 0.306. The van der Waals surface area contributed by atoms with Crippen LogP contribution in [0.2, 0.25) is 0 Å². The van der Waals surface area contributed by atoms with Gasteiger partial charge in [-0.2, -0.15) is 4.31 Å². The molecule has 0 spiro atoms. The Morgan fingerprint density at radius 2 is 2.03 bits per heavy atom. The Bertz CT molecular complexity index is 1040. The third-order valence-corrected chi connectivity index (χ3v) is 7.65. The largest absolute Gasteiger partial charge is 0.373 e. The molecule has 2 aliphatic rings. The zero-order chi connectivity index (χ0) is 20.8. The van der Waals surface area contributed by atoms with Crippen molar-refractivity contribution in [2.75, 3.05) is 39.0 Å². The van der Waals surface area contributed by atoms with Gasteiger partial charge in [-0.1, -0.05) is 0 Å². The number of nitrogens with one attached hydrogen (secondary N) is 1. The minimum absolute atomic E-state index is 0.0593. The van der Waals surface area contributed by atoms with Crippen molar-refractivity contribution in [1.82, 2.24) is 19.2 Å². The highest BCUT2D eigenvalue weighted by atomic mass is 32.2. The van der Waals surface area contributed by atoms with Crippen molar-refractivity contribution in [1.29, 1.82) is 0 Å². The van der Waals surface area contributed by atoms with Gasteiger partial charge in [0, 0.05) is 44.7 Å². The number of rotatable bonds is 4. The van der Waals surface area contributed by atoms with Crippen LogP contribution in [-0.4, -0.2) is 61.3 Å². The van der Waals surface area contributed by atoms with Gasteiger partial charge in [-0.3, -0.25) is 0 Å². The molecule has 156 valence electrons. The highest BCUT2D eigenvalue weighted by Gasteiger charge is 2.35. The summed E-state index contributed by atoms with van der Waals surface area (Å²) in [5.74, 6) is 1.07. The quantitative estimate of drug-likeness (QED) is 0.818. The molecule has 2 aromatic rings. The van der Waals surface area contributed by atoms with Gasteiger partial charge in [0.1, 0.15) is 17.5 Å². The fourth-order valence-electron chi connectivity index (χ4n) is 4.05. The molecule has 0 radical (unpaired) electrons. The molecular weight excluding hydrogens is 393 g/mol. The number of sulfonamides is 1. The lowest BCUT2D eigenvalue weighted by Crippen LogP contribution is -2.30. The number of hydrogen-bond acceptors (Lipinski definition) is 6. The van der Waals surface area contributed by atoms with Gasteiger partial charge >= 0.3 is 0 Å². The third-order valence-electron chi connectivity index (χ3n) is 5.79. The SMILES string of the molecule is CNc1nc(C2CCN(S(=O)(=O)c3ccc(F)c(C)c3)C2)nc2c1CCN(C)C2. The van der Waals surface area contributed by atoms with Crippen LogP contribution in [0, 0.1) is 12.7 Å². The maximum Gasteiger partial charge on any atom is 0.243 e. The van der Waals surface area contributed by atoms with Gasteiger partial charge in [-0.25, -0.2) is 22.8 Å². The van der Waals surface area contributed by atoms with Crippen molar-refractivity contribution in [2.45, 2.75) is 37.1 Å². The molecule has 3 heterocycles. The van der Waals surface area contributed by atoms with E-state index in [9.17, 15) is 12.8 Å². The summed E-state index contributed by atoms with van der Waals surface area (Å²) in [7, 11) is 0.249. The van der Waals surface area contributed by atoms with Crippen LogP contribution in [0.15, 0.2) is 23.1 Å². The molecule has 1 fully saturated rings. The van der Waals surface area contributed by atoms with Gasteiger partial charge in [0.05, 0.1) is 10.6 Å². The number of likely N-dealkylation sites (N-methyl/N-ethyl adjacent to an activating group) is 1. The first-order valence-electron chi connectivity index (χ1n) is 9.82. The number of fused-ring (bicyclic) bond motifs is 1. The maximum absolute atomic E-state index is 13.6. The van der Waals surface area contributed by atoms with Crippen LogP contribution in [0.3, 0.4) is 0 Å². The zero-order valence-corrected chi connectivity index (χ0v) is 17.8. The molecule has 7 nitrogen and oxygen atoms in total. The summed E-state index contributed by atoms with van der Waals surface area (Å²) in [5.41, 5.74) is 2.49. The molecule has 1 N–H and O–H groups in total. The number of aryl methyl sites for hydroxylation is 1. The zero-order valence-electron chi connectivity index (χ0n) is 16.9. The minimum Gasteiger partial charge on any atom is -0.373 e. The van der Waals surface area contributed by atoms with Gasteiger partial charge in [0.2, 0.25) is 10.0 Å². The summed E-state index contributed by atoms with van der Waals surface area (Å²) in [6.07, 6.45) is 1.56. The summed E-state index contributed by atoms with van der Waals surface area (Å²) < 4.78 is 41.0. The fraction of sp³-hybridized carbons (Fsp3) is 0.500. The van der Waals surface area contributed by atoms with Crippen LogP contribution in [-0.2, 0) is 23.0 Å². The van der Waals surface area contributed by atoms with Gasteiger partial charge in [-0.05, 0) is 50.6 Å². The Balaban J connectivity index is 1.60. The summed E-state index contributed by atoms with van der Waals surface area (Å²) in [5, 5.41) is 3.18. The van der Waals surface area contributed by atoms with Crippen molar-refractivity contribution >= 4 is 15.8 Å². The smallest absolute Gasteiger partial charge is 0.243 e. The third kappa shape index (κ3) is 3.74. The van der Waals surface area contributed by atoms with Crippen molar-refractivity contribution in [2.24, 2.45) is 0 Å². The first-order chi connectivity index (χ1) is 13.8. The van der Waals surface area contributed by atoms with E-state index in [-0.39, 0.29) is 10.8 Å². The lowest BCUT2D eigenvalue weighted by Gasteiger charge is -2.26. The molecule has 29 heavy (non-hydrogen) atoms. The highest BCUT2D eigenvalue weighted by molar-refractivity contribution is 7.89. The Kier molecular flexibility index (Phi) is 5.30. The molecule has 0 bridgehead atoms. The molecule has 1 unspecified atom stereocenters. The Hall–Kier alpha value is -2.10. The van der Waals surface area contributed by atoms with Crippen LogP contribution >= 0.6 is 0 Å². The van der Waals surface area contributed by atoms with Crippen LogP contribution in [0.5, 0.6) is 0 Å². The second-order valence-corrected chi connectivity index (χ2v) is 9.79. The first kappa shape index (κ1) is 20.2. The molecule has 9 heteroatoms. The summed E-state index contributed by atoms with van der Waals surface area (Å²) in [6.45, 7) is 4.04. The minimum atomic E-state index is -3.67. The standard InChI is InChI=1S/C20H26FN5O2S/c1-13-10-15(4-5-17(13)21)29(27,28)26-9-6-14(11-26)19-23-18-12-25(3)8-7-16(18)20(22-2)24-19/h4-5,10,14H,6-9,11-12H2,1-3H3,(H,22,23,24). The highest BCUT2D eigenvalue weighted by Crippen LogP contribution is 2.32. The van der Waals surface area contributed by atoms with E-state index in [4.69, 9.17) is 9.97 Å². The average Bonchev–Trinajstić information content (AvgIpc) is 3.20. The lowest BCUT2D eigenvalue weighted by atomic mass is 10.0. The Morgan fingerprint density at radius 1 is 1.24 bits per heavy atom. The number of aromatic nitrogens is 2. The van der Waals surface area contributed by atoms with Crippen molar-refractivity contribution in [3.8, 4) is 0 Å². The van der Waals surface area contributed by atoms with Crippen LogP contribution < -0.4 is 5.32 Å². The number of benzene rings is 1. The predicted octanol–water partition coefficient (Wildman–Crippen LogP) is 2.13. The van der Waals surface area contributed by atoms with E-state index < -0.39 is 15.8 Å². The summed E-state index contributed by atoms with van der Waals surface area (Å²) >= 11 is 0. The number of halogens is 1. The van der Waals surface area contributed by atoms with Crippen molar-refractivity contribution < 1.29 is 12.8 Å². The molecule has 1 saturated heterocycles. The van der Waals surface area contributed by atoms with Crippen LogP contribution in [0.1, 0.15) is 35.0 Å². The molecular formula is C20H26FN5O2S. The topological polar surface area (TPSA) is 78.4 Å². The maximum atomic E-state index is 13.6. The molecule has 2 aliphatic heterocycles. The van der Waals surface area contributed by atoms with Gasteiger partial charge in [0.15, 0.2) is 0 Å². The second-order valence-electron chi connectivity index (χ2n) is 7.85. The molecule has 1 aromatic heterocycles. The number of hydrogen-bond donors (Lipinski definition) is 1. The van der Waals surface area contributed by atoms with E-state index in [0.717, 1.165) is 36.6 Å². The van der Waals surface area contributed by atoms with Crippen molar-refractivity contribution in [3.63, 3.8) is 0 Å². The van der Waals surface area contributed by atoms with E-state index >= 15 is 0 Å². The van der Waals surface area contributed by atoms with E-state index in [1.807, 2.05) is 7.05 Å². The van der Waals surface area contributed by atoms with Crippen molar-refractivity contribution in [3.05, 3.63) is 46.7 Å². The Labute approximate surface area is 171 Å². The number of anilines is 1. The summed E-state index contributed by atoms with van der Waals surface area (Å²) in [4.78, 5) is 11.9. The number of nitrogens with zero attached hydrogens (tertiary/aromatic N) is 4. The monoisotopic (exact) mass is 419 g/mol. The van der Waals surface area contributed by atoms with Crippen LogP contribution in [0.25, 0.3) is 0 Å². The van der Waals surface area contributed by atoms with Gasteiger partial charge < -0.3 is 10.2 Å². The van der Waals surface area contributed by atoms with E-state index in [1.54, 1.807) is 6.92 Å². The van der Waals surface area contributed by atoms with E-state index in [2.05, 4.69) is 17.3 Å². The average molecular weight is 420 g/mol. The first-order valence-corrected chi connectivity index (χ1v) is 11.3. The normalized spacial score (nSPS) is 20.6. The fourth-order valence-corrected chi connectivity index (χ4v) is 5.64. The summed E-state index contributed by atoms with van der Waals surface area (Å²) in [6, 6.07) is 3.93. The Morgan fingerprint density at radius 3 is 2.76 bits per heavy atom. The molecule has 0 amide bonds. The molecule has 1 atom stereocenters. The predicted molar refractivity (Wildman–Crippen MR) is 109 cm³/mol. The molecule has 1 aromatic carbocycles. The molecule has 0 saturated carbocycles. The van der Waals surface area contributed by atoms with Gasteiger partial charge in [0.25, 0.3) is 0 Å². The van der Waals surface area contributed by atoms with E-state index in [0.29, 0.717) is 30.9 Å². The molecule has 0 aliphatic carbocycles. The van der Waals surface area contributed by atoms with Gasteiger partial charge in [-0.15, -0.1) is 0 Å². The van der Waals surface area contributed by atoms with E-state index in [1.165, 1.54) is 22.5 Å². The molecule has 4 rings (SSSR count). The second kappa shape index (κ2) is 7.62. The van der Waals surface area contributed by atoms with Crippen LogP contribution in [0.4, 0.5) is 10.2 Å².